The summed E-state index contributed by atoms with van der Waals surface area (Å²) in [5, 5.41) is 20.9. The number of hydrogen-bond donors (Lipinski definition) is 3. The summed E-state index contributed by atoms with van der Waals surface area (Å²) in [7, 11) is -4.07. The first-order valence-electron chi connectivity index (χ1n) is 11.1. The lowest BCUT2D eigenvalue weighted by Crippen LogP contribution is -2.34. The number of carbonyl (C=O) groups is 1. The Morgan fingerprint density at radius 3 is 2.44 bits per heavy atom. The van der Waals surface area contributed by atoms with Gasteiger partial charge in [-0.3, -0.25) is 9.10 Å². The molecular formula is C23H28BFN2O8S. The van der Waals surface area contributed by atoms with Gasteiger partial charge < -0.3 is 29.3 Å². The molecule has 1 heterocycles. The van der Waals surface area contributed by atoms with Gasteiger partial charge in [0, 0.05) is 24.1 Å². The fraction of sp³-hybridized carbons (Fsp3) is 0.348. The number of sulfonamides is 1. The van der Waals surface area contributed by atoms with E-state index in [0.717, 1.165) is 10.6 Å². The maximum Gasteiger partial charge on any atom is 0.479 e. The molecule has 10 nitrogen and oxygen atoms in total. The molecule has 0 aliphatic carbocycles. The molecule has 13 heteroatoms. The number of rotatable bonds is 11. The fourth-order valence-electron chi connectivity index (χ4n) is 3.61. The molecule has 0 saturated carbocycles. The number of benzene rings is 2. The number of hydrogen-bond acceptors (Lipinski definition) is 8. The molecule has 3 aromatic rings. The minimum Gasteiger partial charge on any atom is -0.489 e. The average Bonchev–Trinajstić information content (AvgIpc) is 3.15. The van der Waals surface area contributed by atoms with Crippen LogP contribution in [0.25, 0.3) is 22.3 Å². The van der Waals surface area contributed by atoms with Gasteiger partial charge in [-0.2, -0.15) is 0 Å². The van der Waals surface area contributed by atoms with Crippen LogP contribution in [-0.2, 0) is 14.8 Å². The van der Waals surface area contributed by atoms with Gasteiger partial charge in [0.1, 0.15) is 22.9 Å². The highest BCUT2D eigenvalue weighted by atomic mass is 32.2. The molecule has 1 aromatic heterocycles. The molecule has 0 radical (unpaired) electrons. The van der Waals surface area contributed by atoms with E-state index in [0.29, 0.717) is 10.9 Å². The lowest BCUT2D eigenvalue weighted by Gasteiger charge is -2.25. The van der Waals surface area contributed by atoms with Gasteiger partial charge in [0.15, 0.2) is 0 Å². The zero-order valence-electron chi connectivity index (χ0n) is 20.3. The summed E-state index contributed by atoms with van der Waals surface area (Å²) >= 11 is 0. The van der Waals surface area contributed by atoms with Crippen molar-refractivity contribution in [2.75, 3.05) is 37.3 Å². The number of nitrogens with zero attached hydrogens (tertiary/aromatic N) is 1. The van der Waals surface area contributed by atoms with Gasteiger partial charge in [-0.05, 0) is 44.2 Å². The Bertz CT molecular complexity index is 1330. The Balaban J connectivity index is 2.22. The van der Waals surface area contributed by atoms with E-state index in [-0.39, 0.29) is 54.1 Å². The second kappa shape index (κ2) is 11.3. The van der Waals surface area contributed by atoms with E-state index >= 15 is 0 Å². The van der Waals surface area contributed by atoms with Crippen molar-refractivity contribution in [2.24, 2.45) is 0 Å². The van der Waals surface area contributed by atoms with Crippen molar-refractivity contribution in [1.82, 2.24) is 5.32 Å². The predicted molar refractivity (Wildman–Crippen MR) is 134 cm³/mol. The summed E-state index contributed by atoms with van der Waals surface area (Å²) in [4.78, 5) is 12.8. The van der Waals surface area contributed by atoms with Gasteiger partial charge in [-0.1, -0.05) is 0 Å². The third kappa shape index (κ3) is 6.35. The van der Waals surface area contributed by atoms with Crippen LogP contribution in [-0.4, -0.2) is 70.6 Å². The number of anilines is 1. The largest absolute Gasteiger partial charge is 0.489 e. The zero-order valence-corrected chi connectivity index (χ0v) is 21.1. The van der Waals surface area contributed by atoms with E-state index in [1.165, 1.54) is 43.4 Å². The summed E-state index contributed by atoms with van der Waals surface area (Å²) < 4.78 is 57.0. The summed E-state index contributed by atoms with van der Waals surface area (Å²) in [6.07, 6.45) is 0.676. The summed E-state index contributed by atoms with van der Waals surface area (Å²) in [5.74, 6) is -0.539. The van der Waals surface area contributed by atoms with Gasteiger partial charge >= 0.3 is 7.12 Å². The van der Waals surface area contributed by atoms with Crippen LogP contribution in [0.3, 0.4) is 0 Å². The quantitative estimate of drug-likeness (QED) is 0.257. The molecule has 0 fully saturated rings. The highest BCUT2D eigenvalue weighted by Crippen LogP contribution is 2.41. The van der Waals surface area contributed by atoms with Crippen LogP contribution < -0.4 is 14.4 Å². The van der Waals surface area contributed by atoms with Crippen molar-refractivity contribution in [3.8, 4) is 17.1 Å². The van der Waals surface area contributed by atoms with Crippen LogP contribution in [0, 0.1) is 5.82 Å². The first kappa shape index (κ1) is 27.5. The van der Waals surface area contributed by atoms with Crippen LogP contribution in [0.5, 0.6) is 5.75 Å². The molecule has 3 N–H and O–H groups in total. The first-order chi connectivity index (χ1) is 16.9. The van der Waals surface area contributed by atoms with Crippen molar-refractivity contribution in [2.45, 2.75) is 20.0 Å². The molecule has 0 atom stereocenters. The number of amides is 1. The Labute approximate surface area is 208 Å². The number of ether oxygens (including phenoxy) is 2. The molecule has 0 unspecified atom stereocenters. The van der Waals surface area contributed by atoms with Crippen LogP contribution in [0.2, 0.25) is 0 Å². The highest BCUT2D eigenvalue weighted by molar-refractivity contribution is 7.92. The third-order valence-corrected chi connectivity index (χ3v) is 6.25. The monoisotopic (exact) mass is 522 g/mol. The van der Waals surface area contributed by atoms with E-state index in [1.54, 1.807) is 13.8 Å². The molecule has 0 spiro atoms. The second-order valence-electron chi connectivity index (χ2n) is 8.27. The van der Waals surface area contributed by atoms with E-state index in [2.05, 4.69) is 5.32 Å². The van der Waals surface area contributed by atoms with Gasteiger partial charge in [0.25, 0.3) is 5.91 Å². The molecule has 3 rings (SSSR count). The summed E-state index contributed by atoms with van der Waals surface area (Å²) in [6.45, 7) is 2.86. The predicted octanol–water partition coefficient (Wildman–Crippen LogP) is 2.18. The van der Waals surface area contributed by atoms with Crippen LogP contribution >= 0.6 is 0 Å². The van der Waals surface area contributed by atoms with E-state index in [1.807, 2.05) is 0 Å². The lowest BCUT2D eigenvalue weighted by molar-refractivity contribution is 0.0964. The molecule has 194 valence electrons. The minimum absolute atomic E-state index is 0.133. The van der Waals surface area contributed by atoms with Crippen LogP contribution in [0.4, 0.5) is 10.1 Å². The molecule has 0 bridgehead atoms. The summed E-state index contributed by atoms with van der Waals surface area (Å²) in [6, 6.07) is 8.41. The first-order valence-corrected chi connectivity index (χ1v) is 12.9. The topological polar surface area (TPSA) is 139 Å². The van der Waals surface area contributed by atoms with Gasteiger partial charge in [0.2, 0.25) is 10.0 Å². The Morgan fingerprint density at radius 1 is 1.22 bits per heavy atom. The maximum atomic E-state index is 13.5. The molecule has 1 amide bonds. The highest BCUT2D eigenvalue weighted by Gasteiger charge is 2.28. The number of nitrogens with one attached hydrogen (secondary N) is 1. The second-order valence-corrected chi connectivity index (χ2v) is 10.2. The Hall–Kier alpha value is -3.13. The Morgan fingerprint density at radius 2 is 1.89 bits per heavy atom. The van der Waals surface area contributed by atoms with E-state index in [9.17, 15) is 17.6 Å². The zero-order chi connectivity index (χ0) is 26.6. The van der Waals surface area contributed by atoms with Gasteiger partial charge in [0.05, 0.1) is 43.3 Å². The van der Waals surface area contributed by atoms with Crippen molar-refractivity contribution in [1.29, 1.82) is 0 Å². The lowest BCUT2D eigenvalue weighted by atomic mass is 9.95. The number of fused-ring (bicyclic) bond motifs is 1. The minimum atomic E-state index is -3.84. The van der Waals surface area contributed by atoms with E-state index < -0.39 is 28.9 Å². The molecule has 36 heavy (non-hydrogen) atoms. The molecule has 0 saturated heterocycles. The number of halogens is 1. The molecule has 0 aliphatic heterocycles. The van der Waals surface area contributed by atoms with Crippen molar-refractivity contribution >= 4 is 39.7 Å². The molecular weight excluding hydrogens is 494 g/mol. The summed E-state index contributed by atoms with van der Waals surface area (Å²) in [5.41, 5.74) is 0.995. The van der Waals surface area contributed by atoms with Gasteiger partial charge in [-0.15, -0.1) is 0 Å². The van der Waals surface area contributed by atoms with Crippen molar-refractivity contribution in [3.63, 3.8) is 0 Å². The normalized spacial score (nSPS) is 11.7. The Kier molecular flexibility index (Phi) is 8.61. The molecule has 0 aliphatic rings. The standard InChI is InChI=1S/C23H28BFN2O8S/c1-14(2)34-20-11-17-19(12-18(20)27(36(4,31)32)9-10-33-13-24(29)30)35-22(21(17)23(28)26-3)15-5-7-16(25)8-6-15/h5-8,11-12,14,29-30H,9-10,13H2,1-4H3,(H,26,28). The maximum absolute atomic E-state index is 13.5. The molecule has 2 aromatic carbocycles. The fourth-order valence-corrected chi connectivity index (χ4v) is 4.52. The number of furan rings is 1. The van der Waals surface area contributed by atoms with Crippen molar-refractivity contribution in [3.05, 3.63) is 47.8 Å². The third-order valence-electron chi connectivity index (χ3n) is 5.07. The van der Waals surface area contributed by atoms with Crippen LogP contribution in [0.1, 0.15) is 24.2 Å². The van der Waals surface area contributed by atoms with Crippen molar-refractivity contribution < 1.29 is 41.5 Å². The average molecular weight is 522 g/mol. The smallest absolute Gasteiger partial charge is 0.479 e. The van der Waals surface area contributed by atoms with Gasteiger partial charge in [-0.25, -0.2) is 12.8 Å². The SMILES string of the molecule is CNC(=O)c1c(-c2ccc(F)cc2)oc2cc(N(CCOCB(O)O)S(C)(=O)=O)c(OC(C)C)cc12. The van der Waals surface area contributed by atoms with E-state index in [4.69, 9.17) is 23.9 Å². The van der Waals surface area contributed by atoms with Crippen LogP contribution in [0.15, 0.2) is 40.8 Å². The number of carbonyl (C=O) groups excluding carboxylic acids is 1.